The lowest BCUT2D eigenvalue weighted by molar-refractivity contribution is -0.154. The summed E-state index contributed by atoms with van der Waals surface area (Å²) < 4.78 is 21.5. The average Bonchev–Trinajstić information content (AvgIpc) is 2.87. The number of para-hydroxylation sites is 2. The van der Waals surface area contributed by atoms with Gasteiger partial charge >= 0.3 is 23.9 Å². The molecule has 0 radical (unpaired) electrons. The molecule has 0 bridgehead atoms. The molecule has 0 N–H and O–H groups in total. The summed E-state index contributed by atoms with van der Waals surface area (Å²) >= 11 is 0. The van der Waals surface area contributed by atoms with Crippen LogP contribution in [-0.2, 0) is 19.2 Å². The van der Waals surface area contributed by atoms with Crippen LogP contribution in [-0.4, -0.2) is 23.9 Å². The summed E-state index contributed by atoms with van der Waals surface area (Å²) in [6.45, 7) is 5.06. The van der Waals surface area contributed by atoms with Gasteiger partial charge in [-0.2, -0.15) is 0 Å². The number of esters is 4. The molecule has 3 aromatic carbocycles. The van der Waals surface area contributed by atoms with Crippen LogP contribution < -0.4 is 18.9 Å². The van der Waals surface area contributed by atoms with Gasteiger partial charge in [0.15, 0.2) is 23.3 Å². The number of rotatable bonds is 10. The summed E-state index contributed by atoms with van der Waals surface area (Å²) in [4.78, 5) is 50.9. The van der Waals surface area contributed by atoms with Gasteiger partial charge in [-0.15, -0.1) is 0 Å². The minimum atomic E-state index is -1.20. The maximum atomic E-state index is 12.9. The Morgan fingerprint density at radius 1 is 0.568 bits per heavy atom. The molecule has 37 heavy (non-hydrogen) atoms. The molecule has 0 saturated heterocycles. The summed E-state index contributed by atoms with van der Waals surface area (Å²) in [5, 5.41) is 0. The lowest BCUT2D eigenvalue weighted by atomic mass is 10.1. The third-order valence-electron chi connectivity index (χ3n) is 5.40. The van der Waals surface area contributed by atoms with E-state index in [0.29, 0.717) is 11.5 Å². The van der Waals surface area contributed by atoms with Crippen molar-refractivity contribution in [3.05, 3.63) is 84.4 Å². The topological polar surface area (TPSA) is 105 Å². The number of hydrogen-bond acceptors (Lipinski definition) is 8. The molecule has 0 spiro atoms. The van der Waals surface area contributed by atoms with Crippen LogP contribution in [0.4, 0.5) is 0 Å². The second kappa shape index (κ2) is 13.0. The number of benzene rings is 3. The maximum absolute atomic E-state index is 12.9. The molecule has 0 aromatic heterocycles. The fourth-order valence-corrected chi connectivity index (χ4v) is 3.35. The summed E-state index contributed by atoms with van der Waals surface area (Å²) in [6, 6.07) is 21.4. The van der Waals surface area contributed by atoms with Gasteiger partial charge < -0.3 is 18.9 Å². The Kier molecular flexibility index (Phi) is 9.55. The van der Waals surface area contributed by atoms with E-state index >= 15 is 0 Å². The fourth-order valence-electron chi connectivity index (χ4n) is 3.35. The maximum Gasteiger partial charge on any atom is 0.325 e. The third kappa shape index (κ3) is 7.51. The van der Waals surface area contributed by atoms with Crippen LogP contribution in [0.1, 0.15) is 32.3 Å². The zero-order valence-electron chi connectivity index (χ0n) is 20.8. The molecular weight excluding hydrogens is 476 g/mol. The van der Waals surface area contributed by atoms with Crippen molar-refractivity contribution in [2.45, 2.75) is 33.6 Å². The van der Waals surface area contributed by atoms with E-state index in [2.05, 4.69) is 0 Å². The van der Waals surface area contributed by atoms with E-state index in [9.17, 15) is 19.2 Å². The highest BCUT2D eigenvalue weighted by molar-refractivity contribution is 5.98. The first-order valence-corrected chi connectivity index (χ1v) is 11.9. The molecule has 0 saturated carbocycles. The molecule has 8 nitrogen and oxygen atoms in total. The lowest BCUT2D eigenvalue weighted by Gasteiger charge is -2.17. The van der Waals surface area contributed by atoms with Crippen molar-refractivity contribution in [2.75, 3.05) is 0 Å². The number of aryl methyl sites for hydroxylation is 1. The first-order chi connectivity index (χ1) is 17.8. The highest BCUT2D eigenvalue weighted by Gasteiger charge is 2.32. The van der Waals surface area contributed by atoms with Gasteiger partial charge in [0.1, 0.15) is 11.5 Å². The predicted octanol–water partition coefficient (Wildman–Crippen LogP) is 5.07. The minimum Gasteiger partial charge on any atom is -0.426 e. The van der Waals surface area contributed by atoms with Gasteiger partial charge in [0.05, 0.1) is 0 Å². The van der Waals surface area contributed by atoms with Crippen molar-refractivity contribution in [3.8, 4) is 23.0 Å². The van der Waals surface area contributed by atoms with Crippen LogP contribution in [0.3, 0.4) is 0 Å². The highest BCUT2D eigenvalue weighted by atomic mass is 16.6. The molecule has 0 heterocycles. The fraction of sp³-hybridized carbons (Fsp3) is 0.241. The summed E-state index contributed by atoms with van der Waals surface area (Å²) in [7, 11) is 0. The zero-order valence-corrected chi connectivity index (χ0v) is 20.8. The molecule has 2 atom stereocenters. The monoisotopic (exact) mass is 504 g/mol. The molecular formula is C29H28O8. The third-order valence-corrected chi connectivity index (χ3v) is 5.40. The van der Waals surface area contributed by atoms with Crippen LogP contribution >= 0.6 is 0 Å². The van der Waals surface area contributed by atoms with E-state index in [1.165, 1.54) is 12.1 Å². The first-order valence-electron chi connectivity index (χ1n) is 11.9. The second-order valence-electron chi connectivity index (χ2n) is 8.18. The van der Waals surface area contributed by atoms with Gasteiger partial charge in [0.2, 0.25) is 0 Å². The van der Waals surface area contributed by atoms with Crippen LogP contribution in [0, 0.1) is 18.8 Å². The first kappa shape index (κ1) is 27.1. The quantitative estimate of drug-likeness (QED) is 0.214. The normalized spacial score (nSPS) is 12.1. The van der Waals surface area contributed by atoms with E-state index in [1.807, 2.05) is 0 Å². The summed E-state index contributed by atoms with van der Waals surface area (Å²) in [5.41, 5.74) is 0.720. The number of carbonyl (C=O) groups is 4. The predicted molar refractivity (Wildman–Crippen MR) is 134 cm³/mol. The molecule has 8 heteroatoms. The van der Waals surface area contributed by atoms with Crippen molar-refractivity contribution >= 4 is 23.9 Å². The minimum absolute atomic E-state index is 0.0596. The number of hydrogen-bond donors (Lipinski definition) is 0. The van der Waals surface area contributed by atoms with E-state index in [4.69, 9.17) is 18.9 Å². The molecule has 0 aliphatic heterocycles. The van der Waals surface area contributed by atoms with E-state index in [-0.39, 0.29) is 24.3 Å². The van der Waals surface area contributed by atoms with Gasteiger partial charge in [-0.25, -0.2) is 0 Å². The molecule has 192 valence electrons. The van der Waals surface area contributed by atoms with Crippen LogP contribution in [0.15, 0.2) is 78.9 Å². The SMILES string of the molecule is CCC(C(=O)Oc1ccccc1)C(=O)Oc1ccc(C)cc1OC(=O)C(CC)C(=O)Oc1ccccc1. The van der Waals surface area contributed by atoms with Crippen molar-refractivity contribution < 1.29 is 38.1 Å². The van der Waals surface area contributed by atoms with Crippen molar-refractivity contribution in [1.82, 2.24) is 0 Å². The molecule has 0 aliphatic rings. The van der Waals surface area contributed by atoms with Crippen LogP contribution in [0.5, 0.6) is 23.0 Å². The van der Waals surface area contributed by atoms with Gasteiger partial charge in [0, 0.05) is 0 Å². The van der Waals surface area contributed by atoms with E-state index < -0.39 is 35.7 Å². The van der Waals surface area contributed by atoms with Crippen molar-refractivity contribution in [1.29, 1.82) is 0 Å². The Morgan fingerprint density at radius 3 is 1.41 bits per heavy atom. The van der Waals surface area contributed by atoms with Gasteiger partial charge in [-0.3, -0.25) is 19.2 Å². The van der Waals surface area contributed by atoms with Gasteiger partial charge in [0.25, 0.3) is 0 Å². The van der Waals surface area contributed by atoms with E-state index in [0.717, 1.165) is 5.56 Å². The molecule has 0 amide bonds. The Balaban J connectivity index is 1.72. The number of carbonyl (C=O) groups excluding carboxylic acids is 4. The van der Waals surface area contributed by atoms with Crippen LogP contribution in [0.2, 0.25) is 0 Å². The Morgan fingerprint density at radius 2 is 0.973 bits per heavy atom. The molecule has 0 aliphatic carbocycles. The Hall–Kier alpha value is -4.46. The zero-order chi connectivity index (χ0) is 26.8. The molecule has 0 fully saturated rings. The van der Waals surface area contributed by atoms with Crippen molar-refractivity contribution in [3.63, 3.8) is 0 Å². The Labute approximate surface area is 215 Å². The molecule has 2 unspecified atom stereocenters. The Bertz CT molecular complexity index is 1240. The standard InChI is InChI=1S/C29H28O8/c1-4-22(26(30)34-20-12-8-6-9-13-20)28(32)36-24-17-16-19(3)18-25(24)37-29(33)23(5-2)27(31)35-21-14-10-7-11-15-21/h6-18,22-23H,4-5H2,1-3H3. The smallest absolute Gasteiger partial charge is 0.325 e. The molecule has 3 rings (SSSR count). The highest BCUT2D eigenvalue weighted by Crippen LogP contribution is 2.31. The van der Waals surface area contributed by atoms with Crippen LogP contribution in [0.25, 0.3) is 0 Å². The number of ether oxygens (including phenoxy) is 4. The van der Waals surface area contributed by atoms with E-state index in [1.54, 1.807) is 87.5 Å². The molecule has 3 aromatic rings. The average molecular weight is 505 g/mol. The summed E-state index contributed by atoms with van der Waals surface area (Å²) in [6.07, 6.45) is 0.267. The second-order valence-corrected chi connectivity index (χ2v) is 8.18. The van der Waals surface area contributed by atoms with Gasteiger partial charge in [-0.1, -0.05) is 56.3 Å². The largest absolute Gasteiger partial charge is 0.426 e. The lowest BCUT2D eigenvalue weighted by Crippen LogP contribution is -2.32. The van der Waals surface area contributed by atoms with Crippen molar-refractivity contribution in [2.24, 2.45) is 11.8 Å². The summed E-state index contributed by atoms with van der Waals surface area (Å²) in [5.74, 6) is -5.17. The van der Waals surface area contributed by atoms with Gasteiger partial charge in [-0.05, 0) is 61.7 Å².